The summed E-state index contributed by atoms with van der Waals surface area (Å²) >= 11 is 1.65. The molecule has 29 heavy (non-hydrogen) atoms. The molecular formula is C22H22N2O4S. The summed E-state index contributed by atoms with van der Waals surface area (Å²) in [7, 11) is 1.31. The van der Waals surface area contributed by atoms with Crippen molar-refractivity contribution < 1.29 is 19.1 Å². The molecule has 4 rings (SSSR count). The van der Waals surface area contributed by atoms with E-state index in [2.05, 4.69) is 35.2 Å². The standard InChI is InChI=1S/C22H22N2O4S/c1-13-9-14-11-15(12-23-19(25)7-8-20(26)27-2)28-21(14)16(10-13)22-24-17-5-3-4-6-18(17)29-22/h3-6,9-10,15H,7-8,11-12H2,1-2H3,(H,23,25)/t15-/m1/s1. The lowest BCUT2D eigenvalue weighted by Crippen LogP contribution is -2.34. The van der Waals surface area contributed by atoms with Gasteiger partial charge in [0.15, 0.2) is 0 Å². The third-order valence-electron chi connectivity index (χ3n) is 4.88. The highest BCUT2D eigenvalue weighted by molar-refractivity contribution is 7.21. The van der Waals surface area contributed by atoms with Crippen LogP contribution in [0.1, 0.15) is 24.0 Å². The second kappa shape index (κ2) is 8.21. The van der Waals surface area contributed by atoms with E-state index in [-0.39, 0.29) is 30.8 Å². The van der Waals surface area contributed by atoms with Crippen LogP contribution in [0.25, 0.3) is 20.8 Å². The highest BCUT2D eigenvalue weighted by Gasteiger charge is 2.27. The van der Waals surface area contributed by atoms with Crippen LogP contribution in [0.15, 0.2) is 36.4 Å². The van der Waals surface area contributed by atoms with Gasteiger partial charge in [-0.05, 0) is 36.2 Å². The fourth-order valence-corrected chi connectivity index (χ4v) is 4.47. The number of aryl methyl sites for hydroxylation is 1. The van der Waals surface area contributed by atoms with Crippen molar-refractivity contribution in [2.45, 2.75) is 32.3 Å². The van der Waals surface area contributed by atoms with Crippen LogP contribution in [0.3, 0.4) is 0 Å². The minimum absolute atomic E-state index is 0.0784. The van der Waals surface area contributed by atoms with E-state index in [0.29, 0.717) is 6.54 Å². The first kappa shape index (κ1) is 19.4. The molecule has 1 aliphatic rings. The summed E-state index contributed by atoms with van der Waals surface area (Å²) in [6, 6.07) is 12.3. The smallest absolute Gasteiger partial charge is 0.306 e. The number of thiazole rings is 1. The van der Waals surface area contributed by atoms with Gasteiger partial charge in [-0.2, -0.15) is 0 Å². The molecule has 0 saturated heterocycles. The maximum atomic E-state index is 12.0. The molecule has 0 spiro atoms. The van der Waals surface area contributed by atoms with Gasteiger partial charge in [-0.15, -0.1) is 11.3 Å². The maximum Gasteiger partial charge on any atom is 0.306 e. The maximum absolute atomic E-state index is 12.0. The van der Waals surface area contributed by atoms with Gasteiger partial charge < -0.3 is 14.8 Å². The molecule has 0 fully saturated rings. The number of methoxy groups -OCH3 is 1. The van der Waals surface area contributed by atoms with E-state index in [0.717, 1.165) is 44.1 Å². The van der Waals surface area contributed by atoms with Gasteiger partial charge >= 0.3 is 5.97 Å². The van der Waals surface area contributed by atoms with Crippen molar-refractivity contribution in [1.82, 2.24) is 10.3 Å². The summed E-state index contributed by atoms with van der Waals surface area (Å²) in [6.07, 6.45) is 0.783. The Morgan fingerprint density at radius 1 is 1.28 bits per heavy atom. The predicted octanol–water partition coefficient (Wildman–Crippen LogP) is 3.64. The number of hydrogen-bond donors (Lipinski definition) is 1. The predicted molar refractivity (Wildman–Crippen MR) is 112 cm³/mol. The Labute approximate surface area is 172 Å². The molecule has 0 unspecified atom stereocenters. The first-order valence-electron chi connectivity index (χ1n) is 9.53. The zero-order chi connectivity index (χ0) is 20.4. The van der Waals surface area contributed by atoms with E-state index in [1.54, 1.807) is 11.3 Å². The van der Waals surface area contributed by atoms with Gasteiger partial charge in [0.25, 0.3) is 0 Å². The number of rotatable bonds is 6. The van der Waals surface area contributed by atoms with Gasteiger partial charge in [-0.3, -0.25) is 9.59 Å². The molecule has 1 aliphatic heterocycles. The lowest BCUT2D eigenvalue weighted by molar-refractivity contribution is -0.142. The van der Waals surface area contributed by atoms with Crippen LogP contribution in [0.2, 0.25) is 0 Å². The number of nitrogens with zero attached hydrogens (tertiary/aromatic N) is 1. The number of benzene rings is 2. The minimum Gasteiger partial charge on any atom is -0.487 e. The Kier molecular flexibility index (Phi) is 5.49. The van der Waals surface area contributed by atoms with Crippen molar-refractivity contribution in [2.24, 2.45) is 0 Å². The normalized spacial score (nSPS) is 15.0. The number of para-hydroxylation sites is 1. The zero-order valence-electron chi connectivity index (χ0n) is 16.4. The SMILES string of the molecule is COC(=O)CCC(=O)NC[C@H]1Cc2cc(C)cc(-c3nc4ccccc4s3)c2O1. The van der Waals surface area contributed by atoms with Crippen molar-refractivity contribution in [3.05, 3.63) is 47.5 Å². The van der Waals surface area contributed by atoms with Gasteiger partial charge in [0, 0.05) is 12.8 Å². The first-order valence-corrected chi connectivity index (χ1v) is 10.3. The van der Waals surface area contributed by atoms with Crippen molar-refractivity contribution in [2.75, 3.05) is 13.7 Å². The molecule has 0 radical (unpaired) electrons. The number of amides is 1. The van der Waals surface area contributed by atoms with E-state index in [4.69, 9.17) is 9.72 Å². The quantitative estimate of drug-likeness (QED) is 0.628. The highest BCUT2D eigenvalue weighted by Crippen LogP contribution is 2.42. The van der Waals surface area contributed by atoms with Gasteiger partial charge in [-0.1, -0.05) is 18.2 Å². The van der Waals surface area contributed by atoms with Crippen LogP contribution in [0, 0.1) is 6.92 Å². The summed E-state index contributed by atoms with van der Waals surface area (Å²) < 4.78 is 11.9. The van der Waals surface area contributed by atoms with Crippen LogP contribution < -0.4 is 10.1 Å². The molecule has 2 heterocycles. The van der Waals surface area contributed by atoms with E-state index in [1.165, 1.54) is 7.11 Å². The second-order valence-electron chi connectivity index (χ2n) is 7.11. The molecule has 150 valence electrons. The van der Waals surface area contributed by atoms with Crippen LogP contribution in [0.4, 0.5) is 0 Å². The van der Waals surface area contributed by atoms with Crippen molar-refractivity contribution in [3.8, 4) is 16.3 Å². The van der Waals surface area contributed by atoms with E-state index < -0.39 is 0 Å². The fraction of sp³-hybridized carbons (Fsp3) is 0.318. The van der Waals surface area contributed by atoms with Crippen LogP contribution in [0.5, 0.6) is 5.75 Å². The molecule has 1 N–H and O–H groups in total. The number of carbonyl (C=O) groups is 2. The van der Waals surface area contributed by atoms with E-state index >= 15 is 0 Å². The zero-order valence-corrected chi connectivity index (χ0v) is 17.2. The lowest BCUT2D eigenvalue weighted by atomic mass is 10.0. The minimum atomic E-state index is -0.388. The first-order chi connectivity index (χ1) is 14.0. The van der Waals surface area contributed by atoms with Crippen LogP contribution in [-0.2, 0) is 20.7 Å². The van der Waals surface area contributed by atoms with Crippen molar-refractivity contribution in [1.29, 1.82) is 0 Å². The van der Waals surface area contributed by atoms with Gasteiger partial charge in [-0.25, -0.2) is 4.98 Å². The summed E-state index contributed by atoms with van der Waals surface area (Å²) in [4.78, 5) is 27.9. The molecule has 3 aromatic rings. The number of ether oxygens (including phenoxy) is 2. The largest absolute Gasteiger partial charge is 0.487 e. The molecule has 0 aliphatic carbocycles. The Balaban J connectivity index is 1.47. The van der Waals surface area contributed by atoms with E-state index in [1.807, 2.05) is 18.2 Å². The Hall–Kier alpha value is -2.93. The third-order valence-corrected chi connectivity index (χ3v) is 5.95. The van der Waals surface area contributed by atoms with Gasteiger partial charge in [0.2, 0.25) is 5.91 Å². The number of carbonyl (C=O) groups excluding carboxylic acids is 2. The molecule has 6 nitrogen and oxygen atoms in total. The molecule has 1 amide bonds. The Bertz CT molecular complexity index is 1040. The average molecular weight is 410 g/mol. The van der Waals surface area contributed by atoms with Gasteiger partial charge in [0.05, 0.1) is 35.9 Å². The summed E-state index contributed by atoms with van der Waals surface area (Å²) in [6.45, 7) is 2.46. The average Bonchev–Trinajstić information content (AvgIpc) is 3.33. The third kappa shape index (κ3) is 4.24. The molecule has 2 aromatic carbocycles. The van der Waals surface area contributed by atoms with Gasteiger partial charge in [0.1, 0.15) is 16.9 Å². The summed E-state index contributed by atoms with van der Waals surface area (Å²) in [5.74, 6) is 0.279. The second-order valence-corrected chi connectivity index (χ2v) is 8.14. The van der Waals surface area contributed by atoms with Crippen LogP contribution >= 0.6 is 11.3 Å². The highest BCUT2D eigenvalue weighted by atomic mass is 32.1. The topological polar surface area (TPSA) is 77.5 Å². The fourth-order valence-electron chi connectivity index (χ4n) is 3.49. The number of aromatic nitrogens is 1. The molecule has 1 atom stereocenters. The van der Waals surface area contributed by atoms with Crippen LogP contribution in [-0.4, -0.2) is 36.6 Å². The van der Waals surface area contributed by atoms with E-state index in [9.17, 15) is 9.59 Å². The molecule has 0 bridgehead atoms. The van der Waals surface area contributed by atoms with Crippen molar-refractivity contribution >= 4 is 33.4 Å². The van der Waals surface area contributed by atoms with Crippen molar-refractivity contribution in [3.63, 3.8) is 0 Å². The molecule has 1 aromatic heterocycles. The number of nitrogens with one attached hydrogen (secondary N) is 1. The molecule has 0 saturated carbocycles. The Morgan fingerprint density at radius 3 is 2.90 bits per heavy atom. The summed E-state index contributed by atoms with van der Waals surface area (Å²) in [5.41, 5.74) is 4.27. The monoisotopic (exact) mass is 410 g/mol. The lowest BCUT2D eigenvalue weighted by Gasteiger charge is -2.13. The number of esters is 1. The molecule has 7 heteroatoms. The number of hydrogen-bond acceptors (Lipinski definition) is 6. The number of fused-ring (bicyclic) bond motifs is 2. The molecular weight excluding hydrogens is 388 g/mol. The Morgan fingerprint density at radius 2 is 2.10 bits per heavy atom. The summed E-state index contributed by atoms with van der Waals surface area (Å²) in [5, 5.41) is 3.79.